The van der Waals surface area contributed by atoms with Crippen molar-refractivity contribution in [1.29, 1.82) is 5.26 Å². The van der Waals surface area contributed by atoms with Crippen molar-refractivity contribution in [2.24, 2.45) is 0 Å². The number of carboxylic acids is 1. The van der Waals surface area contributed by atoms with E-state index >= 15 is 0 Å². The molecule has 0 aliphatic heterocycles. The molecule has 0 radical (unpaired) electrons. The van der Waals surface area contributed by atoms with Gasteiger partial charge in [-0.1, -0.05) is 0 Å². The number of halogens is 2. The number of aromatic nitrogens is 1. The van der Waals surface area contributed by atoms with Gasteiger partial charge in [0.2, 0.25) is 0 Å². The molecule has 5 nitrogen and oxygen atoms in total. The van der Waals surface area contributed by atoms with Gasteiger partial charge in [-0.25, -0.2) is 13.8 Å². The molecule has 1 rings (SSSR count). The monoisotopic (exact) mass is 227 g/mol. The maximum atomic E-state index is 12.6. The molecular weight excluding hydrogens is 220 g/mol. The summed E-state index contributed by atoms with van der Waals surface area (Å²) in [6.07, 6.45) is -2.73. The fraction of sp³-hybridized carbons (Fsp3) is 0.222. The van der Waals surface area contributed by atoms with E-state index < -0.39 is 24.4 Å². The first-order valence-corrected chi connectivity index (χ1v) is 4.14. The summed E-state index contributed by atoms with van der Waals surface area (Å²) in [6.45, 7) is 0. The Hall–Kier alpha value is -2.23. The molecule has 0 aliphatic rings. The van der Waals surface area contributed by atoms with Crippen LogP contribution in [0.25, 0.3) is 0 Å². The van der Waals surface area contributed by atoms with Gasteiger partial charge in [0.1, 0.15) is 11.8 Å². The van der Waals surface area contributed by atoms with Gasteiger partial charge in [-0.3, -0.25) is 4.79 Å². The van der Waals surface area contributed by atoms with Crippen LogP contribution in [0, 0.1) is 11.3 Å². The van der Waals surface area contributed by atoms with Crippen molar-refractivity contribution in [3.63, 3.8) is 0 Å². The van der Waals surface area contributed by atoms with Crippen molar-refractivity contribution in [1.82, 2.24) is 4.98 Å². The second kappa shape index (κ2) is 4.53. The lowest BCUT2D eigenvalue weighted by molar-refractivity contribution is -0.136. The number of alkyl halides is 2. The van der Waals surface area contributed by atoms with E-state index in [9.17, 15) is 13.6 Å². The Kier molecular flexibility index (Phi) is 3.35. The van der Waals surface area contributed by atoms with Crippen LogP contribution in [-0.4, -0.2) is 16.1 Å². The lowest BCUT2D eigenvalue weighted by Gasteiger charge is -2.10. The normalized spacial score (nSPS) is 10.1. The van der Waals surface area contributed by atoms with Gasteiger partial charge in [0.05, 0.1) is 18.3 Å². The van der Waals surface area contributed by atoms with Crippen molar-refractivity contribution in [3.8, 4) is 6.07 Å². The Balaban J connectivity index is 3.43. The summed E-state index contributed by atoms with van der Waals surface area (Å²) in [5.74, 6) is -1.33. The Bertz CT molecular complexity index is 469. The molecule has 0 bridgehead atoms. The second-order valence-electron chi connectivity index (χ2n) is 2.94. The summed E-state index contributed by atoms with van der Waals surface area (Å²) >= 11 is 0. The van der Waals surface area contributed by atoms with Crippen molar-refractivity contribution in [2.45, 2.75) is 12.8 Å². The third-order valence-corrected chi connectivity index (χ3v) is 1.91. The van der Waals surface area contributed by atoms with Gasteiger partial charge in [0, 0.05) is 11.1 Å². The van der Waals surface area contributed by atoms with Gasteiger partial charge in [-0.2, -0.15) is 5.26 Å². The highest BCUT2D eigenvalue weighted by molar-refractivity contribution is 5.73. The number of hydrogen-bond acceptors (Lipinski definition) is 4. The number of nitrogens with zero attached hydrogens (tertiary/aromatic N) is 2. The summed E-state index contributed by atoms with van der Waals surface area (Å²) in [7, 11) is 0. The van der Waals surface area contributed by atoms with Crippen LogP contribution in [0.3, 0.4) is 0 Å². The van der Waals surface area contributed by atoms with E-state index in [1.807, 2.05) is 0 Å². The molecule has 0 aromatic carbocycles. The van der Waals surface area contributed by atoms with Crippen LogP contribution in [0.4, 0.5) is 14.5 Å². The third-order valence-electron chi connectivity index (χ3n) is 1.91. The second-order valence-corrected chi connectivity index (χ2v) is 2.94. The maximum Gasteiger partial charge on any atom is 0.307 e. The zero-order valence-corrected chi connectivity index (χ0v) is 7.94. The first kappa shape index (κ1) is 11.8. The predicted molar refractivity (Wildman–Crippen MR) is 49.7 cm³/mol. The minimum absolute atomic E-state index is 0.315. The number of carboxylic acid groups (broad SMARTS) is 1. The quantitative estimate of drug-likeness (QED) is 0.805. The lowest BCUT2D eigenvalue weighted by Crippen LogP contribution is -2.10. The van der Waals surface area contributed by atoms with Crippen molar-refractivity contribution in [2.75, 3.05) is 5.73 Å². The van der Waals surface area contributed by atoms with Crippen molar-refractivity contribution >= 4 is 11.7 Å². The molecule has 1 aromatic heterocycles. The van der Waals surface area contributed by atoms with E-state index in [4.69, 9.17) is 16.1 Å². The fourth-order valence-electron chi connectivity index (χ4n) is 1.27. The molecule has 0 atom stereocenters. The Morgan fingerprint density at radius 1 is 1.69 bits per heavy atom. The molecule has 7 heteroatoms. The molecule has 84 valence electrons. The van der Waals surface area contributed by atoms with Gasteiger partial charge in [-0.15, -0.1) is 0 Å². The van der Waals surface area contributed by atoms with E-state index in [-0.39, 0.29) is 16.9 Å². The minimum Gasteiger partial charge on any atom is -0.481 e. The number of anilines is 1. The molecule has 0 aliphatic carbocycles. The molecule has 1 aromatic rings. The number of hydrogen-bond donors (Lipinski definition) is 2. The molecule has 1 heterocycles. The number of rotatable bonds is 3. The van der Waals surface area contributed by atoms with Crippen molar-refractivity contribution in [3.05, 3.63) is 23.0 Å². The fourth-order valence-corrected chi connectivity index (χ4v) is 1.27. The smallest absolute Gasteiger partial charge is 0.307 e. The predicted octanol–water partition coefficient (Wildman–Crippen LogP) is 1.10. The van der Waals surface area contributed by atoms with E-state index in [0.717, 1.165) is 6.20 Å². The zero-order chi connectivity index (χ0) is 12.3. The highest BCUT2D eigenvalue weighted by Crippen LogP contribution is 2.29. The Labute approximate surface area is 89.1 Å². The number of pyridine rings is 1. The van der Waals surface area contributed by atoms with Crippen LogP contribution in [0.2, 0.25) is 0 Å². The first-order chi connectivity index (χ1) is 7.47. The van der Waals surface area contributed by atoms with Gasteiger partial charge < -0.3 is 10.8 Å². The van der Waals surface area contributed by atoms with Gasteiger partial charge >= 0.3 is 5.97 Å². The average molecular weight is 227 g/mol. The Morgan fingerprint density at radius 3 is 2.75 bits per heavy atom. The van der Waals surface area contributed by atoms with Crippen LogP contribution in [0.15, 0.2) is 6.20 Å². The molecule has 0 unspecified atom stereocenters. The SMILES string of the molecule is N#Cc1ncc(N)c(C(F)F)c1CC(=O)O. The maximum absolute atomic E-state index is 12.6. The van der Waals surface area contributed by atoms with E-state index in [2.05, 4.69) is 4.98 Å². The van der Waals surface area contributed by atoms with Crippen LogP contribution >= 0.6 is 0 Å². The molecular formula is C9H7F2N3O2. The molecule has 0 amide bonds. The highest BCUT2D eigenvalue weighted by atomic mass is 19.3. The van der Waals surface area contributed by atoms with E-state index in [1.54, 1.807) is 6.07 Å². The number of nitrogens with two attached hydrogens (primary N) is 1. The molecule has 0 saturated heterocycles. The third kappa shape index (κ3) is 2.23. The largest absolute Gasteiger partial charge is 0.481 e. The molecule has 3 N–H and O–H groups in total. The van der Waals surface area contributed by atoms with Crippen LogP contribution in [0.1, 0.15) is 23.2 Å². The van der Waals surface area contributed by atoms with Gasteiger partial charge in [0.25, 0.3) is 6.43 Å². The summed E-state index contributed by atoms with van der Waals surface area (Å²) < 4.78 is 25.3. The number of aliphatic carboxylic acids is 1. The Morgan fingerprint density at radius 2 is 2.31 bits per heavy atom. The standard InChI is InChI=1S/C9H7F2N3O2/c10-9(11)8-4(1-7(15)16)6(2-12)14-3-5(8)13/h3,9H,1,13H2,(H,15,16). The topological polar surface area (TPSA) is 100 Å². The van der Waals surface area contributed by atoms with E-state index in [0.29, 0.717) is 0 Å². The van der Waals surface area contributed by atoms with Crippen molar-refractivity contribution < 1.29 is 18.7 Å². The summed E-state index contributed by atoms with van der Waals surface area (Å²) in [5.41, 5.74) is 3.66. The lowest BCUT2D eigenvalue weighted by atomic mass is 10.0. The number of carbonyl (C=O) groups is 1. The van der Waals surface area contributed by atoms with Crippen LogP contribution in [-0.2, 0) is 11.2 Å². The molecule has 16 heavy (non-hydrogen) atoms. The van der Waals surface area contributed by atoms with E-state index in [1.165, 1.54) is 0 Å². The molecule has 0 saturated carbocycles. The van der Waals surface area contributed by atoms with Gasteiger partial charge in [0.15, 0.2) is 0 Å². The minimum atomic E-state index is -2.94. The average Bonchev–Trinajstić information content (AvgIpc) is 2.16. The summed E-state index contributed by atoms with van der Waals surface area (Å²) in [4.78, 5) is 14.0. The summed E-state index contributed by atoms with van der Waals surface area (Å²) in [5, 5.41) is 17.2. The molecule has 0 fully saturated rings. The van der Waals surface area contributed by atoms with Crippen LogP contribution in [0.5, 0.6) is 0 Å². The number of nitrogen functional groups attached to an aromatic ring is 1. The molecule has 0 spiro atoms. The number of nitriles is 1. The summed E-state index contributed by atoms with van der Waals surface area (Å²) in [6, 6.07) is 1.56. The highest BCUT2D eigenvalue weighted by Gasteiger charge is 2.22. The zero-order valence-electron chi connectivity index (χ0n) is 7.94. The first-order valence-electron chi connectivity index (χ1n) is 4.14. The van der Waals surface area contributed by atoms with Gasteiger partial charge in [-0.05, 0) is 0 Å². The van der Waals surface area contributed by atoms with Crippen LogP contribution < -0.4 is 5.73 Å².